The Morgan fingerprint density at radius 1 is 1.06 bits per heavy atom. The van der Waals surface area contributed by atoms with Crippen LogP contribution in [0, 0.1) is 12.8 Å². The molecule has 0 aromatic heterocycles. The van der Waals surface area contributed by atoms with Crippen LogP contribution in [-0.4, -0.2) is 50.2 Å². The summed E-state index contributed by atoms with van der Waals surface area (Å²) in [5.41, 5.74) is 4.07. The van der Waals surface area contributed by atoms with Crippen LogP contribution in [0.5, 0.6) is 0 Å². The Hall–Kier alpha value is -2.71. The maximum Gasteiger partial charge on any atom is 0.243 e. The van der Waals surface area contributed by atoms with Crippen molar-refractivity contribution in [2.24, 2.45) is 5.92 Å². The maximum atomic E-state index is 13.3. The van der Waals surface area contributed by atoms with Crippen molar-refractivity contribution < 1.29 is 18.0 Å². The normalized spacial score (nSPS) is 19.1. The number of anilines is 1. The fourth-order valence-electron chi connectivity index (χ4n) is 4.98. The van der Waals surface area contributed by atoms with Gasteiger partial charge in [-0.05, 0) is 68.9 Å². The molecular formula is C26H33N3O4S. The number of piperidine rings is 1. The van der Waals surface area contributed by atoms with Crippen molar-refractivity contribution in [3.8, 4) is 0 Å². The summed E-state index contributed by atoms with van der Waals surface area (Å²) in [5, 5.41) is 3.01. The summed E-state index contributed by atoms with van der Waals surface area (Å²) in [7, 11) is -3.65. The van der Waals surface area contributed by atoms with Crippen molar-refractivity contribution in [1.82, 2.24) is 9.62 Å². The number of sulfonamides is 1. The Morgan fingerprint density at radius 2 is 1.74 bits per heavy atom. The average Bonchev–Trinajstić information content (AvgIpc) is 3.15. The van der Waals surface area contributed by atoms with Gasteiger partial charge < -0.3 is 10.2 Å². The van der Waals surface area contributed by atoms with Gasteiger partial charge >= 0.3 is 0 Å². The Morgan fingerprint density at radius 3 is 2.38 bits per heavy atom. The maximum absolute atomic E-state index is 13.3. The quantitative estimate of drug-likeness (QED) is 0.684. The molecule has 7 nitrogen and oxygen atoms in total. The number of benzene rings is 2. The van der Waals surface area contributed by atoms with Gasteiger partial charge in [-0.15, -0.1) is 0 Å². The highest BCUT2D eigenvalue weighted by atomic mass is 32.2. The lowest BCUT2D eigenvalue weighted by Gasteiger charge is -2.30. The van der Waals surface area contributed by atoms with Crippen LogP contribution < -0.4 is 10.2 Å². The number of hydrogen-bond donors (Lipinski definition) is 1. The molecule has 1 atom stereocenters. The molecule has 0 bridgehead atoms. The lowest BCUT2D eigenvalue weighted by Crippen LogP contribution is -2.43. The number of carbonyl (C=O) groups excluding carboxylic acids is 2. The van der Waals surface area contributed by atoms with E-state index < -0.39 is 10.0 Å². The zero-order chi connectivity index (χ0) is 24.5. The van der Waals surface area contributed by atoms with Crippen molar-refractivity contribution in [2.75, 3.05) is 24.5 Å². The van der Waals surface area contributed by atoms with E-state index in [1.165, 1.54) is 22.4 Å². The van der Waals surface area contributed by atoms with Gasteiger partial charge in [0.15, 0.2) is 0 Å². The molecule has 4 rings (SSSR count). The average molecular weight is 484 g/mol. The number of aryl methyl sites for hydroxylation is 1. The van der Waals surface area contributed by atoms with Crippen LogP contribution in [0.3, 0.4) is 0 Å². The van der Waals surface area contributed by atoms with Gasteiger partial charge in [0.05, 0.1) is 4.90 Å². The zero-order valence-electron chi connectivity index (χ0n) is 20.1. The van der Waals surface area contributed by atoms with Crippen LogP contribution in [0.1, 0.15) is 43.4 Å². The van der Waals surface area contributed by atoms with Crippen LogP contribution >= 0.6 is 0 Å². The molecule has 182 valence electrons. The predicted molar refractivity (Wildman–Crippen MR) is 132 cm³/mol. The van der Waals surface area contributed by atoms with Crippen LogP contribution in [0.4, 0.5) is 5.69 Å². The zero-order valence-corrected chi connectivity index (χ0v) is 20.9. The molecule has 2 amide bonds. The standard InChI is InChI=1S/C26H33N3O4S/c1-18-4-6-21(7-5-18)10-13-27-26(31)22-11-14-28(15-12-22)34(32,33)24-8-9-25-23(17-24)16-19(2)29(25)20(3)30/h4-9,17,19,22H,10-16H2,1-3H3,(H,27,31)/t19-/m0/s1. The first-order valence-corrected chi connectivity index (χ1v) is 13.4. The third-order valence-electron chi connectivity index (χ3n) is 6.90. The van der Waals surface area contributed by atoms with Gasteiger partial charge in [0.25, 0.3) is 0 Å². The lowest BCUT2D eigenvalue weighted by molar-refractivity contribution is -0.126. The second-order valence-electron chi connectivity index (χ2n) is 9.44. The molecule has 1 N–H and O–H groups in total. The molecule has 2 aromatic rings. The van der Waals surface area contributed by atoms with E-state index in [1.807, 2.05) is 13.8 Å². The van der Waals surface area contributed by atoms with E-state index >= 15 is 0 Å². The van der Waals surface area contributed by atoms with Gasteiger partial charge in [-0.25, -0.2) is 8.42 Å². The molecule has 1 saturated heterocycles. The largest absolute Gasteiger partial charge is 0.356 e. The minimum atomic E-state index is -3.65. The van der Waals surface area contributed by atoms with Gasteiger partial charge in [0.2, 0.25) is 21.8 Å². The van der Waals surface area contributed by atoms with E-state index in [0.29, 0.717) is 38.9 Å². The third kappa shape index (κ3) is 5.03. The van der Waals surface area contributed by atoms with Gasteiger partial charge in [-0.1, -0.05) is 29.8 Å². The summed E-state index contributed by atoms with van der Waals surface area (Å²) in [6, 6.07) is 13.3. The molecule has 0 unspecified atom stereocenters. The first kappa shape index (κ1) is 24.4. The molecule has 2 aliphatic rings. The van der Waals surface area contributed by atoms with E-state index in [1.54, 1.807) is 23.1 Å². The second kappa shape index (κ2) is 9.88. The molecule has 2 aromatic carbocycles. The SMILES string of the molecule is CC(=O)N1c2ccc(S(=O)(=O)N3CCC(C(=O)NCCc4ccc(C)cc4)CC3)cc2C[C@@H]1C. The monoisotopic (exact) mass is 483 g/mol. The number of hydrogen-bond acceptors (Lipinski definition) is 4. The molecule has 1 fully saturated rings. The molecule has 34 heavy (non-hydrogen) atoms. The third-order valence-corrected chi connectivity index (χ3v) is 8.80. The number of amides is 2. The minimum Gasteiger partial charge on any atom is -0.356 e. The number of nitrogens with zero attached hydrogens (tertiary/aromatic N) is 2. The number of rotatable bonds is 6. The Bertz CT molecular complexity index is 1170. The molecule has 0 radical (unpaired) electrons. The van der Waals surface area contributed by atoms with Crippen molar-refractivity contribution in [2.45, 2.75) is 57.4 Å². The van der Waals surface area contributed by atoms with E-state index in [9.17, 15) is 18.0 Å². The predicted octanol–water partition coefficient (Wildman–Crippen LogP) is 3.05. The van der Waals surface area contributed by atoms with Gasteiger partial charge in [-0.2, -0.15) is 4.31 Å². The summed E-state index contributed by atoms with van der Waals surface area (Å²) in [6.45, 7) is 6.76. The first-order chi connectivity index (χ1) is 16.2. The molecule has 2 aliphatic heterocycles. The highest BCUT2D eigenvalue weighted by Gasteiger charge is 2.34. The number of carbonyl (C=O) groups is 2. The molecule has 0 aliphatic carbocycles. The van der Waals surface area contributed by atoms with Crippen molar-refractivity contribution >= 4 is 27.5 Å². The fraction of sp³-hybridized carbons (Fsp3) is 0.462. The molecular weight excluding hydrogens is 450 g/mol. The van der Waals surface area contributed by atoms with Crippen LogP contribution in [-0.2, 0) is 32.5 Å². The number of fused-ring (bicyclic) bond motifs is 1. The summed E-state index contributed by atoms with van der Waals surface area (Å²) in [6.07, 6.45) is 2.44. The van der Waals surface area contributed by atoms with Gasteiger partial charge in [0, 0.05) is 44.2 Å². The van der Waals surface area contributed by atoms with Crippen LogP contribution in [0.25, 0.3) is 0 Å². The Labute approximate surface area is 202 Å². The Balaban J connectivity index is 1.33. The lowest BCUT2D eigenvalue weighted by atomic mass is 9.97. The minimum absolute atomic E-state index is 0.00000201. The summed E-state index contributed by atoms with van der Waals surface area (Å²) < 4.78 is 28.0. The second-order valence-corrected chi connectivity index (χ2v) is 11.4. The van der Waals surface area contributed by atoms with Crippen LogP contribution in [0.2, 0.25) is 0 Å². The van der Waals surface area contributed by atoms with Gasteiger partial charge in [-0.3, -0.25) is 9.59 Å². The molecule has 0 saturated carbocycles. The summed E-state index contributed by atoms with van der Waals surface area (Å²) in [4.78, 5) is 26.5. The van der Waals surface area contributed by atoms with E-state index in [2.05, 4.69) is 29.6 Å². The summed E-state index contributed by atoms with van der Waals surface area (Å²) >= 11 is 0. The van der Waals surface area contributed by atoms with Crippen molar-refractivity contribution in [3.05, 3.63) is 59.2 Å². The topological polar surface area (TPSA) is 86.8 Å². The smallest absolute Gasteiger partial charge is 0.243 e. The molecule has 0 spiro atoms. The molecule has 8 heteroatoms. The van der Waals surface area contributed by atoms with E-state index in [4.69, 9.17) is 0 Å². The van der Waals surface area contributed by atoms with E-state index in [0.717, 1.165) is 17.7 Å². The fourth-order valence-corrected chi connectivity index (χ4v) is 6.51. The highest BCUT2D eigenvalue weighted by Crippen LogP contribution is 2.35. The highest BCUT2D eigenvalue weighted by molar-refractivity contribution is 7.89. The summed E-state index contributed by atoms with van der Waals surface area (Å²) in [5.74, 6) is -0.212. The Kier molecular flexibility index (Phi) is 7.09. The van der Waals surface area contributed by atoms with Crippen molar-refractivity contribution in [1.29, 1.82) is 0 Å². The number of nitrogens with one attached hydrogen (secondary N) is 1. The van der Waals surface area contributed by atoms with Crippen LogP contribution in [0.15, 0.2) is 47.4 Å². The molecule has 2 heterocycles. The van der Waals surface area contributed by atoms with E-state index in [-0.39, 0.29) is 28.7 Å². The van der Waals surface area contributed by atoms with Gasteiger partial charge in [0.1, 0.15) is 0 Å². The van der Waals surface area contributed by atoms with Crippen molar-refractivity contribution in [3.63, 3.8) is 0 Å². The first-order valence-electron chi connectivity index (χ1n) is 11.9.